The van der Waals surface area contributed by atoms with Crippen molar-refractivity contribution in [1.82, 2.24) is 0 Å². The van der Waals surface area contributed by atoms with E-state index in [0.717, 1.165) is 36.2 Å². The van der Waals surface area contributed by atoms with Gasteiger partial charge in [-0.25, -0.2) is 4.39 Å². The van der Waals surface area contributed by atoms with Crippen molar-refractivity contribution in [3.05, 3.63) is 64.0 Å². The van der Waals surface area contributed by atoms with Crippen LogP contribution in [0.2, 0.25) is 0 Å². The number of hydrogen-bond donors (Lipinski definition) is 1. The summed E-state index contributed by atoms with van der Waals surface area (Å²) in [4.78, 5) is 12.8. The molecule has 0 saturated carbocycles. The predicted molar refractivity (Wildman–Crippen MR) is 82.6 cm³/mol. The molecular weight excluding hydrogens is 265 g/mol. The lowest BCUT2D eigenvalue weighted by atomic mass is 9.90. The molecule has 0 unspecified atom stereocenters. The lowest BCUT2D eigenvalue weighted by Gasteiger charge is -2.21. The van der Waals surface area contributed by atoms with Gasteiger partial charge in [0.05, 0.1) is 5.56 Å². The Morgan fingerprint density at radius 2 is 2.05 bits per heavy atom. The summed E-state index contributed by atoms with van der Waals surface area (Å²) >= 11 is 0. The van der Waals surface area contributed by atoms with E-state index in [2.05, 4.69) is 5.32 Å². The number of nitrogens with one attached hydrogen (secondary N) is 1. The van der Waals surface area contributed by atoms with E-state index in [1.807, 2.05) is 25.1 Å². The average molecular weight is 283 g/mol. The second-order valence-electron chi connectivity index (χ2n) is 5.63. The molecule has 0 amide bonds. The summed E-state index contributed by atoms with van der Waals surface area (Å²) in [6, 6.07) is 8.90. The zero-order valence-electron chi connectivity index (χ0n) is 12.3. The molecule has 21 heavy (non-hydrogen) atoms. The van der Waals surface area contributed by atoms with Crippen LogP contribution in [-0.2, 0) is 6.42 Å². The highest BCUT2D eigenvalue weighted by molar-refractivity contribution is 6.11. The van der Waals surface area contributed by atoms with Crippen LogP contribution in [0.3, 0.4) is 0 Å². The van der Waals surface area contributed by atoms with Gasteiger partial charge in [0.2, 0.25) is 0 Å². The number of carbonyl (C=O) groups excluding carboxylic acids is 1. The molecule has 0 aliphatic carbocycles. The number of fused-ring (bicyclic) bond motifs is 1. The largest absolute Gasteiger partial charge is 0.385 e. The van der Waals surface area contributed by atoms with Crippen LogP contribution < -0.4 is 5.32 Å². The Morgan fingerprint density at radius 1 is 1.24 bits per heavy atom. The molecule has 2 aromatic rings. The molecule has 3 rings (SSSR count). The number of ketones is 1. The minimum Gasteiger partial charge on any atom is -0.385 e. The van der Waals surface area contributed by atoms with Crippen molar-refractivity contribution in [3.63, 3.8) is 0 Å². The maximum Gasteiger partial charge on any atom is 0.196 e. The summed E-state index contributed by atoms with van der Waals surface area (Å²) in [5.74, 6) is -0.649. The highest BCUT2D eigenvalue weighted by Gasteiger charge is 2.22. The summed E-state index contributed by atoms with van der Waals surface area (Å²) < 4.78 is 14.2. The van der Waals surface area contributed by atoms with E-state index in [0.29, 0.717) is 11.1 Å². The second-order valence-corrected chi connectivity index (χ2v) is 5.63. The molecule has 1 N–H and O–H groups in total. The molecule has 1 heterocycles. The van der Waals surface area contributed by atoms with Gasteiger partial charge in [0.1, 0.15) is 5.82 Å². The van der Waals surface area contributed by atoms with Crippen LogP contribution in [0.4, 0.5) is 10.1 Å². The molecule has 0 saturated heterocycles. The third kappa shape index (κ3) is 2.44. The van der Waals surface area contributed by atoms with Crippen LogP contribution in [0.5, 0.6) is 0 Å². The van der Waals surface area contributed by atoms with E-state index in [-0.39, 0.29) is 11.3 Å². The molecule has 108 valence electrons. The van der Waals surface area contributed by atoms with Crippen molar-refractivity contribution in [2.75, 3.05) is 11.9 Å². The molecule has 0 bridgehead atoms. The Bertz CT molecular complexity index is 698. The van der Waals surface area contributed by atoms with Gasteiger partial charge in [0, 0.05) is 17.8 Å². The van der Waals surface area contributed by atoms with Crippen molar-refractivity contribution in [2.45, 2.75) is 26.7 Å². The lowest BCUT2D eigenvalue weighted by Crippen LogP contribution is -2.17. The number of benzene rings is 2. The fourth-order valence-electron chi connectivity index (χ4n) is 3.06. The standard InChI is InChI=1S/C18H18FNO/c1-11-9-12(2)17(15(19)10-11)18(21)14-5-3-7-16-13(14)6-4-8-20-16/h3,5,7,9-10,20H,4,6,8H2,1-2H3. The maximum absolute atomic E-state index is 14.2. The monoisotopic (exact) mass is 283 g/mol. The molecule has 1 aliphatic rings. The first kappa shape index (κ1) is 13.8. The van der Waals surface area contributed by atoms with Gasteiger partial charge < -0.3 is 5.32 Å². The van der Waals surface area contributed by atoms with Crippen LogP contribution in [0, 0.1) is 19.7 Å². The lowest BCUT2D eigenvalue weighted by molar-refractivity contribution is 0.103. The predicted octanol–water partition coefficient (Wildman–Crippen LogP) is 4.03. The highest BCUT2D eigenvalue weighted by atomic mass is 19.1. The van der Waals surface area contributed by atoms with Crippen molar-refractivity contribution in [2.24, 2.45) is 0 Å². The topological polar surface area (TPSA) is 29.1 Å². The van der Waals surface area contributed by atoms with Crippen molar-refractivity contribution >= 4 is 11.5 Å². The summed E-state index contributed by atoms with van der Waals surface area (Å²) in [6.07, 6.45) is 1.85. The van der Waals surface area contributed by atoms with Crippen LogP contribution >= 0.6 is 0 Å². The minimum atomic E-state index is -0.432. The summed E-state index contributed by atoms with van der Waals surface area (Å²) in [5, 5.41) is 3.30. The SMILES string of the molecule is Cc1cc(C)c(C(=O)c2cccc3c2CCCN3)c(F)c1. The fraction of sp³-hybridized carbons (Fsp3) is 0.278. The smallest absolute Gasteiger partial charge is 0.196 e. The normalized spacial score (nSPS) is 13.5. The Balaban J connectivity index is 2.12. The van der Waals surface area contributed by atoms with Gasteiger partial charge in [-0.2, -0.15) is 0 Å². The molecule has 1 aliphatic heterocycles. The molecule has 0 spiro atoms. The second kappa shape index (κ2) is 5.32. The van der Waals surface area contributed by atoms with Gasteiger partial charge in [0.25, 0.3) is 0 Å². The Labute approximate surface area is 124 Å². The van der Waals surface area contributed by atoms with E-state index in [9.17, 15) is 9.18 Å². The van der Waals surface area contributed by atoms with Gasteiger partial charge in [-0.1, -0.05) is 18.2 Å². The van der Waals surface area contributed by atoms with Gasteiger partial charge in [-0.05, 0) is 55.5 Å². The summed E-state index contributed by atoms with van der Waals surface area (Å²) in [6.45, 7) is 4.54. The average Bonchev–Trinajstić information content (AvgIpc) is 2.45. The summed E-state index contributed by atoms with van der Waals surface area (Å²) in [7, 11) is 0. The molecule has 2 aromatic carbocycles. The zero-order valence-corrected chi connectivity index (χ0v) is 12.3. The molecule has 3 heteroatoms. The van der Waals surface area contributed by atoms with Crippen LogP contribution in [0.15, 0.2) is 30.3 Å². The molecule has 2 nitrogen and oxygen atoms in total. The van der Waals surface area contributed by atoms with E-state index in [1.165, 1.54) is 6.07 Å². The number of anilines is 1. The highest BCUT2D eigenvalue weighted by Crippen LogP contribution is 2.28. The number of rotatable bonds is 2. The van der Waals surface area contributed by atoms with Crippen LogP contribution in [0.1, 0.15) is 39.0 Å². The van der Waals surface area contributed by atoms with Gasteiger partial charge in [0.15, 0.2) is 5.78 Å². The number of carbonyl (C=O) groups is 1. The quantitative estimate of drug-likeness (QED) is 0.843. The first-order chi connectivity index (χ1) is 10.1. The molecule has 0 radical (unpaired) electrons. The Morgan fingerprint density at radius 3 is 2.81 bits per heavy atom. The van der Waals surface area contributed by atoms with Crippen LogP contribution in [0.25, 0.3) is 0 Å². The van der Waals surface area contributed by atoms with Crippen molar-refractivity contribution in [1.29, 1.82) is 0 Å². The number of halogens is 1. The maximum atomic E-state index is 14.2. The third-order valence-corrected chi connectivity index (χ3v) is 4.00. The Hall–Kier alpha value is -2.16. The minimum absolute atomic E-state index is 0.194. The zero-order chi connectivity index (χ0) is 15.0. The van der Waals surface area contributed by atoms with Crippen molar-refractivity contribution in [3.8, 4) is 0 Å². The van der Waals surface area contributed by atoms with E-state index in [1.54, 1.807) is 13.0 Å². The number of aryl methyl sites for hydroxylation is 2. The van der Waals surface area contributed by atoms with Crippen molar-refractivity contribution < 1.29 is 9.18 Å². The van der Waals surface area contributed by atoms with Gasteiger partial charge in [-0.15, -0.1) is 0 Å². The molecule has 0 fully saturated rings. The van der Waals surface area contributed by atoms with Gasteiger partial charge in [-0.3, -0.25) is 4.79 Å². The Kier molecular flexibility index (Phi) is 3.50. The van der Waals surface area contributed by atoms with E-state index >= 15 is 0 Å². The van der Waals surface area contributed by atoms with E-state index in [4.69, 9.17) is 0 Å². The molecular formula is C18H18FNO. The number of hydrogen-bond acceptors (Lipinski definition) is 2. The fourth-order valence-corrected chi connectivity index (χ4v) is 3.06. The van der Waals surface area contributed by atoms with Crippen LogP contribution in [-0.4, -0.2) is 12.3 Å². The third-order valence-electron chi connectivity index (χ3n) is 4.00. The van der Waals surface area contributed by atoms with Gasteiger partial charge >= 0.3 is 0 Å². The van der Waals surface area contributed by atoms with E-state index < -0.39 is 5.82 Å². The summed E-state index contributed by atoms with van der Waals surface area (Å²) in [5.41, 5.74) is 4.34. The first-order valence-corrected chi connectivity index (χ1v) is 7.25. The first-order valence-electron chi connectivity index (χ1n) is 7.25. The molecule has 0 atom stereocenters. The molecule has 0 aromatic heterocycles.